The zero-order valence-corrected chi connectivity index (χ0v) is 13.4. The minimum Gasteiger partial charge on any atom is -0.345 e. The Morgan fingerprint density at radius 3 is 2.50 bits per heavy atom. The lowest BCUT2D eigenvalue weighted by molar-refractivity contribution is 0.569. The van der Waals surface area contributed by atoms with Crippen LogP contribution in [-0.2, 0) is 0 Å². The molecule has 0 radical (unpaired) electrons. The molecule has 0 aliphatic carbocycles. The summed E-state index contributed by atoms with van der Waals surface area (Å²) >= 11 is 6.03. The van der Waals surface area contributed by atoms with Gasteiger partial charge in [-0.3, -0.25) is 0 Å². The van der Waals surface area contributed by atoms with Crippen molar-refractivity contribution < 1.29 is 0 Å². The Kier molecular flexibility index (Phi) is 3.84. The Balaban J connectivity index is 1.82. The van der Waals surface area contributed by atoms with Gasteiger partial charge in [0.05, 0.1) is 5.52 Å². The van der Waals surface area contributed by atoms with Gasteiger partial charge < -0.3 is 5.32 Å². The van der Waals surface area contributed by atoms with Crippen LogP contribution in [0.5, 0.6) is 0 Å². The number of hydrogen-bond acceptors (Lipinski definition) is 4. The number of rotatable bonds is 4. The molecule has 0 unspecified atom stereocenters. The third-order valence-electron chi connectivity index (χ3n) is 3.76. The Morgan fingerprint density at radius 1 is 0.917 bits per heavy atom. The monoisotopic (exact) mass is 335 g/mol. The number of nitrogens with one attached hydrogen (secondary N) is 1. The largest absolute Gasteiger partial charge is 0.345 e. The van der Waals surface area contributed by atoms with Crippen molar-refractivity contribution in [3.05, 3.63) is 83.5 Å². The fourth-order valence-electron chi connectivity index (χ4n) is 2.60. The molecule has 4 rings (SSSR count). The highest BCUT2D eigenvalue weighted by atomic mass is 35.5. The van der Waals surface area contributed by atoms with E-state index in [4.69, 9.17) is 11.6 Å². The predicted octanol–water partition coefficient (Wildman–Crippen LogP) is 4.14. The fraction of sp³-hybridized carbons (Fsp3) is 0.0556. The summed E-state index contributed by atoms with van der Waals surface area (Å²) in [7, 11) is 0. The first kappa shape index (κ1) is 14.7. The summed E-state index contributed by atoms with van der Waals surface area (Å²) in [5.41, 5.74) is 2.81. The normalized spacial score (nSPS) is 12.2. The van der Waals surface area contributed by atoms with Gasteiger partial charge in [-0.2, -0.15) is 0 Å². The van der Waals surface area contributed by atoms with Crippen LogP contribution in [0.25, 0.3) is 11.0 Å². The molecule has 0 saturated heterocycles. The summed E-state index contributed by atoms with van der Waals surface area (Å²) in [6.07, 6.45) is 1.50. The molecule has 0 bridgehead atoms. The lowest BCUT2D eigenvalue weighted by Gasteiger charge is -2.20. The zero-order valence-electron chi connectivity index (χ0n) is 12.7. The first-order valence-corrected chi connectivity index (χ1v) is 7.92. The molecule has 1 N–H and O–H groups in total. The molecule has 118 valence electrons. The third-order valence-corrected chi connectivity index (χ3v) is 4.01. The van der Waals surface area contributed by atoms with E-state index in [1.807, 2.05) is 71.4 Å². The van der Waals surface area contributed by atoms with E-state index in [0.29, 0.717) is 5.02 Å². The molecule has 0 aliphatic heterocycles. The van der Waals surface area contributed by atoms with Crippen LogP contribution in [0.2, 0.25) is 5.02 Å². The van der Waals surface area contributed by atoms with Crippen molar-refractivity contribution in [1.29, 1.82) is 0 Å². The molecule has 2 aromatic heterocycles. The van der Waals surface area contributed by atoms with Crippen molar-refractivity contribution in [3.8, 4) is 0 Å². The fourth-order valence-corrected chi connectivity index (χ4v) is 2.72. The Morgan fingerprint density at radius 2 is 1.71 bits per heavy atom. The number of fused-ring (bicyclic) bond motifs is 1. The lowest BCUT2D eigenvalue weighted by Crippen LogP contribution is -2.21. The number of pyridine rings is 1. The second-order valence-corrected chi connectivity index (χ2v) is 5.77. The molecule has 0 saturated carbocycles. The maximum absolute atomic E-state index is 6.03. The van der Waals surface area contributed by atoms with Crippen molar-refractivity contribution in [1.82, 2.24) is 20.0 Å². The molecule has 0 spiro atoms. The summed E-state index contributed by atoms with van der Waals surface area (Å²) in [4.78, 5) is 4.35. The molecule has 0 fully saturated rings. The van der Waals surface area contributed by atoms with Crippen molar-refractivity contribution in [2.24, 2.45) is 0 Å². The first-order valence-electron chi connectivity index (χ1n) is 7.54. The summed E-state index contributed by atoms with van der Waals surface area (Å²) in [5, 5.41) is 12.7. The average molecular weight is 336 g/mol. The van der Waals surface area contributed by atoms with Crippen LogP contribution >= 0.6 is 11.6 Å². The third kappa shape index (κ3) is 2.81. The van der Waals surface area contributed by atoms with Gasteiger partial charge in [-0.15, -0.1) is 5.10 Å². The molecule has 5 nitrogen and oxygen atoms in total. The van der Waals surface area contributed by atoms with E-state index in [-0.39, 0.29) is 6.17 Å². The van der Waals surface area contributed by atoms with E-state index < -0.39 is 0 Å². The van der Waals surface area contributed by atoms with Crippen LogP contribution in [0.3, 0.4) is 0 Å². The minimum absolute atomic E-state index is 0.246. The van der Waals surface area contributed by atoms with Gasteiger partial charge in [-0.05, 0) is 42.0 Å². The minimum atomic E-state index is -0.246. The van der Waals surface area contributed by atoms with Gasteiger partial charge in [0.15, 0.2) is 0 Å². The number of hydrogen-bond donors (Lipinski definition) is 1. The molecule has 0 amide bonds. The van der Waals surface area contributed by atoms with Crippen LogP contribution < -0.4 is 5.32 Å². The van der Waals surface area contributed by atoms with Gasteiger partial charge in [0.2, 0.25) is 0 Å². The van der Waals surface area contributed by atoms with Crippen LogP contribution in [0, 0.1) is 0 Å². The molecular weight excluding hydrogens is 322 g/mol. The molecular formula is C18H14ClN5. The number of para-hydroxylation sites is 1. The SMILES string of the molecule is Clc1ccc([C@H](Nc2ccccn2)n2nnc3ccccc32)cc1. The average Bonchev–Trinajstić information content (AvgIpc) is 3.05. The molecule has 4 aromatic rings. The predicted molar refractivity (Wildman–Crippen MR) is 95.0 cm³/mol. The maximum Gasteiger partial charge on any atom is 0.150 e. The van der Waals surface area contributed by atoms with Crippen molar-refractivity contribution in [3.63, 3.8) is 0 Å². The van der Waals surface area contributed by atoms with E-state index >= 15 is 0 Å². The molecule has 2 aromatic carbocycles. The van der Waals surface area contributed by atoms with Gasteiger partial charge >= 0.3 is 0 Å². The van der Waals surface area contributed by atoms with E-state index in [0.717, 1.165) is 22.4 Å². The van der Waals surface area contributed by atoms with Gasteiger partial charge in [0.25, 0.3) is 0 Å². The maximum atomic E-state index is 6.03. The Labute approximate surface area is 143 Å². The van der Waals surface area contributed by atoms with Gasteiger partial charge in [-0.25, -0.2) is 9.67 Å². The van der Waals surface area contributed by atoms with Crippen molar-refractivity contribution >= 4 is 28.5 Å². The highest BCUT2D eigenvalue weighted by molar-refractivity contribution is 6.30. The molecule has 0 aliphatic rings. The van der Waals surface area contributed by atoms with Crippen LogP contribution in [0.15, 0.2) is 72.9 Å². The van der Waals surface area contributed by atoms with Crippen LogP contribution in [0.1, 0.15) is 11.7 Å². The summed E-state index contributed by atoms with van der Waals surface area (Å²) in [5.74, 6) is 0.761. The number of nitrogens with zero attached hydrogens (tertiary/aromatic N) is 4. The highest BCUT2D eigenvalue weighted by Gasteiger charge is 2.18. The van der Waals surface area contributed by atoms with E-state index in [2.05, 4.69) is 20.6 Å². The van der Waals surface area contributed by atoms with E-state index in [9.17, 15) is 0 Å². The van der Waals surface area contributed by atoms with Gasteiger partial charge in [-0.1, -0.05) is 47.1 Å². The van der Waals surface area contributed by atoms with Crippen molar-refractivity contribution in [2.75, 3.05) is 5.32 Å². The number of halogens is 1. The molecule has 24 heavy (non-hydrogen) atoms. The quantitative estimate of drug-likeness (QED) is 0.609. The molecule has 1 atom stereocenters. The van der Waals surface area contributed by atoms with Crippen LogP contribution in [-0.4, -0.2) is 20.0 Å². The molecule has 6 heteroatoms. The first-order chi connectivity index (χ1) is 11.8. The number of benzene rings is 2. The smallest absolute Gasteiger partial charge is 0.150 e. The number of aromatic nitrogens is 4. The second-order valence-electron chi connectivity index (χ2n) is 5.34. The van der Waals surface area contributed by atoms with Gasteiger partial charge in [0, 0.05) is 11.2 Å². The second kappa shape index (κ2) is 6.29. The highest BCUT2D eigenvalue weighted by Crippen LogP contribution is 2.24. The van der Waals surface area contributed by atoms with E-state index in [1.165, 1.54) is 0 Å². The lowest BCUT2D eigenvalue weighted by atomic mass is 10.1. The van der Waals surface area contributed by atoms with Crippen LogP contribution in [0.4, 0.5) is 5.82 Å². The van der Waals surface area contributed by atoms with Gasteiger partial charge in [0.1, 0.15) is 17.5 Å². The summed E-state index contributed by atoms with van der Waals surface area (Å²) < 4.78 is 1.85. The summed E-state index contributed by atoms with van der Waals surface area (Å²) in [6, 6.07) is 21.3. The Bertz CT molecular complexity index is 950. The number of anilines is 1. The van der Waals surface area contributed by atoms with E-state index in [1.54, 1.807) is 6.20 Å². The Hall–Kier alpha value is -2.92. The molecule has 2 heterocycles. The zero-order chi connectivity index (χ0) is 16.4. The summed E-state index contributed by atoms with van der Waals surface area (Å²) in [6.45, 7) is 0. The topological polar surface area (TPSA) is 55.6 Å². The standard InChI is InChI=1S/C18H14ClN5/c19-14-10-8-13(9-11-14)18(21-17-7-3-4-12-20-17)24-16-6-2-1-5-15(16)22-23-24/h1-12,18H,(H,20,21)/t18-/m1/s1. The van der Waals surface area contributed by atoms with Crippen molar-refractivity contribution in [2.45, 2.75) is 6.17 Å².